The first-order valence-electron chi connectivity index (χ1n) is 7.71. The first-order chi connectivity index (χ1) is 12.5. The van der Waals surface area contributed by atoms with Gasteiger partial charge >= 0.3 is 6.61 Å². The number of alkyl halides is 2. The molecule has 0 N–H and O–H groups in total. The Labute approximate surface area is 151 Å². The molecule has 4 rings (SSSR count). The lowest BCUT2D eigenvalue weighted by Crippen LogP contribution is -2.04. The molecule has 0 aliphatic heterocycles. The van der Waals surface area contributed by atoms with Crippen molar-refractivity contribution in [3.05, 3.63) is 42.1 Å². The second-order valence-electron chi connectivity index (χ2n) is 5.59. The Morgan fingerprint density at radius 2 is 1.96 bits per heavy atom. The summed E-state index contributed by atoms with van der Waals surface area (Å²) in [4.78, 5) is 13.1. The second-order valence-corrected chi connectivity index (χ2v) is 6.59. The van der Waals surface area contributed by atoms with Gasteiger partial charge in [0, 0.05) is 5.56 Å². The van der Waals surface area contributed by atoms with Gasteiger partial charge in [0.25, 0.3) is 0 Å². The fraction of sp³-hybridized carbons (Fsp3) is 0.167. The lowest BCUT2D eigenvalue weighted by atomic mass is 10.1. The molecule has 0 atom stereocenters. The van der Waals surface area contributed by atoms with Gasteiger partial charge in [-0.05, 0) is 36.8 Å². The summed E-state index contributed by atoms with van der Waals surface area (Å²) >= 11 is 1.48. The van der Waals surface area contributed by atoms with Crippen molar-refractivity contribution in [2.45, 2.75) is 13.5 Å². The third-order valence-corrected chi connectivity index (χ3v) is 4.93. The van der Waals surface area contributed by atoms with Crippen molar-refractivity contribution in [1.82, 2.24) is 15.0 Å². The Morgan fingerprint density at radius 3 is 2.73 bits per heavy atom. The molecule has 5 nitrogen and oxygen atoms in total. The van der Waals surface area contributed by atoms with Crippen LogP contribution in [0.15, 0.2) is 36.5 Å². The SMILES string of the molecule is COc1cccc2nc(-c3cc(C)cc4nc(OC(F)F)cnc34)sc12. The molecular weight excluding hydrogens is 360 g/mol. The van der Waals surface area contributed by atoms with E-state index >= 15 is 0 Å². The topological polar surface area (TPSA) is 57.1 Å². The van der Waals surface area contributed by atoms with Crippen molar-refractivity contribution in [1.29, 1.82) is 0 Å². The first kappa shape index (κ1) is 16.6. The van der Waals surface area contributed by atoms with E-state index in [4.69, 9.17) is 4.74 Å². The van der Waals surface area contributed by atoms with E-state index in [1.54, 1.807) is 13.2 Å². The summed E-state index contributed by atoms with van der Waals surface area (Å²) in [6.07, 6.45) is 1.20. The van der Waals surface area contributed by atoms with Gasteiger partial charge in [-0.3, -0.25) is 0 Å². The zero-order valence-corrected chi connectivity index (χ0v) is 14.7. The predicted octanol–water partition coefficient (Wildman–Crippen LogP) is 4.82. The van der Waals surface area contributed by atoms with Crippen molar-refractivity contribution in [2.75, 3.05) is 7.11 Å². The van der Waals surface area contributed by atoms with E-state index in [1.165, 1.54) is 17.5 Å². The molecule has 0 bridgehead atoms. The maximum atomic E-state index is 12.4. The zero-order valence-electron chi connectivity index (χ0n) is 13.9. The maximum Gasteiger partial charge on any atom is 0.388 e. The van der Waals surface area contributed by atoms with Crippen molar-refractivity contribution < 1.29 is 18.3 Å². The summed E-state index contributed by atoms with van der Waals surface area (Å²) in [5.41, 5.74) is 3.59. The van der Waals surface area contributed by atoms with Gasteiger partial charge < -0.3 is 9.47 Å². The van der Waals surface area contributed by atoms with E-state index in [0.29, 0.717) is 11.0 Å². The fourth-order valence-corrected chi connectivity index (χ4v) is 3.83. The molecule has 0 saturated carbocycles. The van der Waals surface area contributed by atoms with E-state index in [0.717, 1.165) is 32.1 Å². The summed E-state index contributed by atoms with van der Waals surface area (Å²) in [5, 5.41) is 0.759. The number of nitrogens with zero attached hydrogens (tertiary/aromatic N) is 3. The van der Waals surface area contributed by atoms with E-state index in [9.17, 15) is 8.78 Å². The van der Waals surface area contributed by atoms with Crippen LogP contribution in [0.5, 0.6) is 11.6 Å². The number of thiazole rings is 1. The highest BCUT2D eigenvalue weighted by molar-refractivity contribution is 7.22. The quantitative estimate of drug-likeness (QED) is 0.513. The molecule has 4 aromatic rings. The molecule has 2 aromatic heterocycles. The number of fused-ring (bicyclic) bond motifs is 2. The van der Waals surface area contributed by atoms with Gasteiger partial charge in [-0.15, -0.1) is 11.3 Å². The molecule has 132 valence electrons. The third-order valence-electron chi connectivity index (χ3n) is 3.81. The highest BCUT2D eigenvalue weighted by Crippen LogP contribution is 2.38. The Morgan fingerprint density at radius 1 is 1.12 bits per heavy atom. The summed E-state index contributed by atoms with van der Waals surface area (Å²) < 4.78 is 35.5. The Hall–Kier alpha value is -2.87. The van der Waals surface area contributed by atoms with E-state index in [-0.39, 0.29) is 5.88 Å². The molecule has 0 amide bonds. The molecule has 0 radical (unpaired) electrons. The number of rotatable bonds is 4. The van der Waals surface area contributed by atoms with Crippen molar-refractivity contribution in [3.8, 4) is 22.2 Å². The molecule has 0 fully saturated rings. The van der Waals surface area contributed by atoms with Gasteiger partial charge in [-0.25, -0.2) is 15.0 Å². The number of aromatic nitrogens is 3. The minimum atomic E-state index is -2.94. The second kappa shape index (κ2) is 6.45. The molecule has 2 aromatic carbocycles. The van der Waals surface area contributed by atoms with Crippen LogP contribution in [0.3, 0.4) is 0 Å². The lowest BCUT2D eigenvalue weighted by Gasteiger charge is -2.07. The number of ether oxygens (including phenoxy) is 2. The molecule has 0 spiro atoms. The van der Waals surface area contributed by atoms with Crippen LogP contribution in [0.4, 0.5) is 8.78 Å². The van der Waals surface area contributed by atoms with Crippen LogP contribution in [0.25, 0.3) is 31.8 Å². The molecule has 2 heterocycles. The van der Waals surface area contributed by atoms with E-state index in [1.807, 2.05) is 31.2 Å². The monoisotopic (exact) mass is 373 g/mol. The lowest BCUT2D eigenvalue weighted by molar-refractivity contribution is -0.0528. The smallest absolute Gasteiger partial charge is 0.388 e. The van der Waals surface area contributed by atoms with Gasteiger partial charge in [0.2, 0.25) is 5.88 Å². The number of methoxy groups -OCH3 is 1. The van der Waals surface area contributed by atoms with Crippen molar-refractivity contribution in [2.24, 2.45) is 0 Å². The van der Waals surface area contributed by atoms with Crippen LogP contribution in [0, 0.1) is 6.92 Å². The first-order valence-corrected chi connectivity index (χ1v) is 8.53. The van der Waals surface area contributed by atoms with Crippen LogP contribution in [-0.2, 0) is 0 Å². The van der Waals surface area contributed by atoms with Gasteiger partial charge in [0.1, 0.15) is 10.8 Å². The predicted molar refractivity (Wildman–Crippen MR) is 96.1 cm³/mol. The standard InChI is InChI=1S/C18H13F2N3O2S/c1-9-6-10(15-12(7-9)22-14(8-21-15)25-18(19)20)17-23-11-4-3-5-13(24-2)16(11)26-17/h3-8,18H,1-2H3. The number of hydrogen-bond donors (Lipinski definition) is 0. The van der Waals surface area contributed by atoms with Gasteiger partial charge in [0.05, 0.1) is 34.6 Å². The summed E-state index contributed by atoms with van der Waals surface area (Å²) in [5.74, 6) is 0.539. The normalized spacial score (nSPS) is 11.4. The molecule has 26 heavy (non-hydrogen) atoms. The van der Waals surface area contributed by atoms with Gasteiger partial charge in [-0.2, -0.15) is 8.78 Å². The van der Waals surface area contributed by atoms with Crippen LogP contribution < -0.4 is 9.47 Å². The van der Waals surface area contributed by atoms with E-state index in [2.05, 4.69) is 19.7 Å². The average molecular weight is 373 g/mol. The van der Waals surface area contributed by atoms with Crippen molar-refractivity contribution in [3.63, 3.8) is 0 Å². The molecule has 0 aliphatic carbocycles. The maximum absolute atomic E-state index is 12.4. The number of benzene rings is 2. The fourth-order valence-electron chi connectivity index (χ4n) is 2.76. The summed E-state index contributed by atoms with van der Waals surface area (Å²) in [6, 6.07) is 9.40. The zero-order chi connectivity index (χ0) is 18.3. The largest absolute Gasteiger partial charge is 0.495 e. The Kier molecular flexibility index (Phi) is 4.12. The summed E-state index contributed by atoms with van der Waals surface area (Å²) in [6.45, 7) is -1.04. The minimum Gasteiger partial charge on any atom is -0.495 e. The number of hydrogen-bond acceptors (Lipinski definition) is 6. The van der Waals surface area contributed by atoms with Gasteiger partial charge in [-0.1, -0.05) is 6.07 Å². The average Bonchev–Trinajstić information content (AvgIpc) is 3.04. The molecule has 8 heteroatoms. The van der Waals surface area contributed by atoms with Gasteiger partial charge in [0.15, 0.2) is 0 Å². The molecular formula is C18H13F2N3O2S. The molecule has 0 saturated heterocycles. The Balaban J connectivity index is 1.91. The van der Waals surface area contributed by atoms with Crippen LogP contribution in [0.1, 0.15) is 5.56 Å². The van der Waals surface area contributed by atoms with Crippen LogP contribution in [-0.4, -0.2) is 28.7 Å². The highest BCUT2D eigenvalue weighted by atomic mass is 32.1. The number of aryl methyl sites for hydroxylation is 1. The molecule has 0 unspecified atom stereocenters. The van der Waals surface area contributed by atoms with Crippen LogP contribution in [0.2, 0.25) is 0 Å². The highest BCUT2D eigenvalue weighted by Gasteiger charge is 2.16. The van der Waals surface area contributed by atoms with Crippen LogP contribution >= 0.6 is 11.3 Å². The summed E-state index contributed by atoms with van der Waals surface area (Å²) in [7, 11) is 1.62. The van der Waals surface area contributed by atoms with E-state index < -0.39 is 6.61 Å². The number of halogens is 2. The minimum absolute atomic E-state index is 0.213. The molecule has 0 aliphatic rings. The van der Waals surface area contributed by atoms with Crippen molar-refractivity contribution >= 4 is 32.6 Å². The third kappa shape index (κ3) is 2.92. The Bertz CT molecular complexity index is 1110.